The van der Waals surface area contributed by atoms with Crippen LogP contribution in [-0.4, -0.2) is 21.9 Å². The smallest absolute Gasteiger partial charge is 0.274 e. The number of aromatic nitrogens is 2. The third kappa shape index (κ3) is 3.69. The van der Waals surface area contributed by atoms with E-state index in [1.54, 1.807) is 37.3 Å². The van der Waals surface area contributed by atoms with Crippen LogP contribution in [0, 0.1) is 18.3 Å². The van der Waals surface area contributed by atoms with Crippen molar-refractivity contribution in [3.8, 4) is 6.07 Å². The van der Waals surface area contributed by atoms with E-state index in [1.165, 1.54) is 12.8 Å². The molecule has 1 aromatic carbocycles. The van der Waals surface area contributed by atoms with Gasteiger partial charge in [0.15, 0.2) is 0 Å². The monoisotopic (exact) mass is 321 g/mol. The highest BCUT2D eigenvalue weighted by molar-refractivity contribution is 6.03. The molecule has 6 heteroatoms. The maximum absolute atomic E-state index is 12.5. The minimum absolute atomic E-state index is 0.288. The van der Waals surface area contributed by atoms with Crippen LogP contribution in [0.15, 0.2) is 30.3 Å². The third-order valence-electron chi connectivity index (χ3n) is 4.07. The first-order chi connectivity index (χ1) is 11.7. The van der Waals surface area contributed by atoms with Crippen LogP contribution in [0.25, 0.3) is 0 Å². The molecule has 1 fully saturated rings. The van der Waals surface area contributed by atoms with Crippen LogP contribution in [-0.2, 0) is 0 Å². The van der Waals surface area contributed by atoms with Gasteiger partial charge in [-0.25, -0.2) is 9.97 Å². The standard InChI is InChI=1S/C18H19N5O/c1-12-20-16(10-17(21-12)22-14-7-3-4-8-14)18(24)23-15-9-5-2-6-13(15)11-19/h2,5-6,9-10,14H,3-4,7-8H2,1H3,(H,23,24)(H,20,21,22). The molecule has 1 amide bonds. The van der Waals surface area contributed by atoms with Gasteiger partial charge in [0.05, 0.1) is 11.3 Å². The molecule has 1 heterocycles. The van der Waals surface area contributed by atoms with E-state index in [2.05, 4.69) is 26.7 Å². The quantitative estimate of drug-likeness (QED) is 0.902. The van der Waals surface area contributed by atoms with E-state index in [9.17, 15) is 4.79 Å². The zero-order valence-electron chi connectivity index (χ0n) is 13.5. The second kappa shape index (κ2) is 7.09. The number of amides is 1. The Bertz CT molecular complexity index is 790. The molecule has 2 aromatic rings. The van der Waals surface area contributed by atoms with Crippen LogP contribution >= 0.6 is 0 Å². The number of nitriles is 1. The van der Waals surface area contributed by atoms with Crippen molar-refractivity contribution >= 4 is 17.4 Å². The van der Waals surface area contributed by atoms with E-state index in [4.69, 9.17) is 5.26 Å². The number of para-hydroxylation sites is 1. The van der Waals surface area contributed by atoms with Gasteiger partial charge in [0.25, 0.3) is 5.91 Å². The van der Waals surface area contributed by atoms with Crippen molar-refractivity contribution in [1.29, 1.82) is 5.26 Å². The highest BCUT2D eigenvalue weighted by Gasteiger charge is 2.17. The summed E-state index contributed by atoms with van der Waals surface area (Å²) < 4.78 is 0. The van der Waals surface area contributed by atoms with E-state index < -0.39 is 0 Å². The summed E-state index contributed by atoms with van der Waals surface area (Å²) in [6.45, 7) is 1.76. The predicted octanol–water partition coefficient (Wildman–Crippen LogP) is 3.26. The number of aryl methyl sites for hydroxylation is 1. The molecule has 1 aliphatic rings. The molecule has 24 heavy (non-hydrogen) atoms. The molecule has 6 nitrogen and oxygen atoms in total. The zero-order chi connectivity index (χ0) is 16.9. The van der Waals surface area contributed by atoms with Gasteiger partial charge in [0.1, 0.15) is 23.4 Å². The van der Waals surface area contributed by atoms with Gasteiger partial charge in [-0.1, -0.05) is 25.0 Å². The number of hydrogen-bond acceptors (Lipinski definition) is 5. The van der Waals surface area contributed by atoms with E-state index in [0.717, 1.165) is 12.8 Å². The van der Waals surface area contributed by atoms with Crippen LogP contribution in [0.1, 0.15) is 47.6 Å². The molecule has 0 atom stereocenters. The second-order valence-electron chi connectivity index (χ2n) is 5.92. The lowest BCUT2D eigenvalue weighted by molar-refractivity contribution is 0.102. The van der Waals surface area contributed by atoms with Gasteiger partial charge in [0.2, 0.25) is 0 Å². The Kier molecular flexibility index (Phi) is 4.71. The summed E-state index contributed by atoms with van der Waals surface area (Å²) in [5.74, 6) is 0.863. The lowest BCUT2D eigenvalue weighted by atomic mass is 10.2. The topological polar surface area (TPSA) is 90.7 Å². The Morgan fingerprint density at radius 1 is 1.25 bits per heavy atom. The molecular weight excluding hydrogens is 302 g/mol. The SMILES string of the molecule is Cc1nc(NC2CCCC2)cc(C(=O)Nc2ccccc2C#N)n1. The van der Waals surface area contributed by atoms with Gasteiger partial charge in [-0.3, -0.25) is 4.79 Å². The number of anilines is 2. The van der Waals surface area contributed by atoms with Gasteiger partial charge in [-0.05, 0) is 31.9 Å². The summed E-state index contributed by atoms with van der Waals surface area (Å²) in [4.78, 5) is 21.1. The van der Waals surface area contributed by atoms with Crippen molar-refractivity contribution in [2.24, 2.45) is 0 Å². The minimum atomic E-state index is -0.349. The first-order valence-electron chi connectivity index (χ1n) is 8.08. The van der Waals surface area contributed by atoms with E-state index in [-0.39, 0.29) is 11.6 Å². The van der Waals surface area contributed by atoms with Crippen LogP contribution in [0.3, 0.4) is 0 Å². The van der Waals surface area contributed by atoms with E-state index >= 15 is 0 Å². The van der Waals surface area contributed by atoms with Gasteiger partial charge < -0.3 is 10.6 Å². The number of nitrogens with one attached hydrogen (secondary N) is 2. The van der Waals surface area contributed by atoms with Crippen molar-refractivity contribution in [2.75, 3.05) is 10.6 Å². The second-order valence-corrected chi connectivity index (χ2v) is 5.92. The van der Waals surface area contributed by atoms with Crippen LogP contribution in [0.2, 0.25) is 0 Å². The number of carbonyl (C=O) groups excluding carboxylic acids is 1. The highest BCUT2D eigenvalue weighted by Crippen LogP contribution is 2.22. The first kappa shape index (κ1) is 15.9. The number of carbonyl (C=O) groups is 1. The zero-order valence-corrected chi connectivity index (χ0v) is 13.5. The molecule has 0 aliphatic heterocycles. The van der Waals surface area contributed by atoms with Crippen molar-refractivity contribution in [3.05, 3.63) is 47.4 Å². The normalized spacial score (nSPS) is 14.2. The maximum atomic E-state index is 12.5. The third-order valence-corrected chi connectivity index (χ3v) is 4.07. The average molecular weight is 321 g/mol. The number of hydrogen-bond donors (Lipinski definition) is 2. The summed E-state index contributed by atoms with van der Waals surface area (Å²) in [7, 11) is 0. The number of nitrogens with zero attached hydrogens (tertiary/aromatic N) is 3. The fourth-order valence-electron chi connectivity index (χ4n) is 2.91. The molecule has 3 rings (SSSR count). The molecule has 1 saturated carbocycles. The van der Waals surface area contributed by atoms with Crippen molar-refractivity contribution in [3.63, 3.8) is 0 Å². The van der Waals surface area contributed by atoms with Crippen molar-refractivity contribution in [2.45, 2.75) is 38.6 Å². The highest BCUT2D eigenvalue weighted by atomic mass is 16.1. The Balaban J connectivity index is 1.79. The minimum Gasteiger partial charge on any atom is -0.367 e. The molecule has 2 N–H and O–H groups in total. The summed E-state index contributed by atoms with van der Waals surface area (Å²) >= 11 is 0. The van der Waals surface area contributed by atoms with Crippen LogP contribution in [0.5, 0.6) is 0 Å². The van der Waals surface area contributed by atoms with Gasteiger partial charge in [-0.2, -0.15) is 5.26 Å². The molecule has 1 aromatic heterocycles. The molecule has 0 radical (unpaired) electrons. The van der Waals surface area contributed by atoms with E-state index in [1.807, 2.05) is 0 Å². The summed E-state index contributed by atoms with van der Waals surface area (Å²) in [6.07, 6.45) is 4.69. The predicted molar refractivity (Wildman–Crippen MR) is 91.8 cm³/mol. The molecule has 0 unspecified atom stereocenters. The maximum Gasteiger partial charge on any atom is 0.274 e. The van der Waals surface area contributed by atoms with E-state index in [0.29, 0.717) is 28.9 Å². The average Bonchev–Trinajstić information content (AvgIpc) is 3.07. The Morgan fingerprint density at radius 2 is 2.00 bits per heavy atom. The summed E-state index contributed by atoms with van der Waals surface area (Å²) in [5, 5.41) is 15.2. The van der Waals surface area contributed by atoms with Gasteiger partial charge >= 0.3 is 0 Å². The summed E-state index contributed by atoms with van der Waals surface area (Å²) in [6, 6.07) is 11.0. The molecule has 0 bridgehead atoms. The largest absolute Gasteiger partial charge is 0.367 e. The number of benzene rings is 1. The van der Waals surface area contributed by atoms with Gasteiger partial charge in [-0.15, -0.1) is 0 Å². The molecule has 122 valence electrons. The summed E-state index contributed by atoms with van der Waals surface area (Å²) in [5.41, 5.74) is 1.18. The Labute approximate surface area is 140 Å². The van der Waals surface area contributed by atoms with Crippen molar-refractivity contribution < 1.29 is 4.79 Å². The first-order valence-corrected chi connectivity index (χ1v) is 8.08. The molecule has 0 spiro atoms. The Hall–Kier alpha value is -2.94. The van der Waals surface area contributed by atoms with Crippen molar-refractivity contribution in [1.82, 2.24) is 9.97 Å². The Morgan fingerprint density at radius 3 is 2.75 bits per heavy atom. The van der Waals surface area contributed by atoms with Crippen LogP contribution < -0.4 is 10.6 Å². The fourth-order valence-corrected chi connectivity index (χ4v) is 2.91. The lowest BCUT2D eigenvalue weighted by Gasteiger charge is -2.14. The molecule has 0 saturated heterocycles. The van der Waals surface area contributed by atoms with Gasteiger partial charge in [0, 0.05) is 12.1 Å². The number of rotatable bonds is 4. The molecular formula is C18H19N5O. The fraction of sp³-hybridized carbons (Fsp3) is 0.333. The molecule has 1 aliphatic carbocycles. The lowest BCUT2D eigenvalue weighted by Crippen LogP contribution is -2.19. The van der Waals surface area contributed by atoms with Crippen LogP contribution in [0.4, 0.5) is 11.5 Å².